The van der Waals surface area contributed by atoms with E-state index in [-0.39, 0.29) is 11.5 Å². The average molecular weight is 727 g/mol. The van der Waals surface area contributed by atoms with Crippen LogP contribution in [0.3, 0.4) is 0 Å². The summed E-state index contributed by atoms with van der Waals surface area (Å²) in [5.74, 6) is 2.11. The molecule has 0 bridgehead atoms. The number of nitrogens with one attached hydrogen (secondary N) is 2. The van der Waals surface area contributed by atoms with Crippen LogP contribution < -0.4 is 28.4 Å². The third-order valence-corrected chi connectivity index (χ3v) is 9.83. The molecule has 2 heterocycles. The minimum Gasteiger partial charge on any atom is -0.510 e. The quantitative estimate of drug-likeness (QED) is 0.0346. The van der Waals surface area contributed by atoms with E-state index in [1.807, 2.05) is 60.7 Å². The highest BCUT2D eigenvalue weighted by atomic mass is 16.6. The van der Waals surface area contributed by atoms with Crippen molar-refractivity contribution in [2.45, 2.75) is 0 Å². The highest BCUT2D eigenvalue weighted by Gasteiger charge is 2.26. The lowest BCUT2D eigenvalue weighted by Gasteiger charge is -2.17. The molecule has 13 heteroatoms. The maximum absolute atomic E-state index is 14.2. The summed E-state index contributed by atoms with van der Waals surface area (Å²) in [6.45, 7) is 0. The van der Waals surface area contributed by atoms with Crippen LogP contribution in [0.15, 0.2) is 78.9 Å². The Kier molecular flexibility index (Phi) is 8.59. The number of H-pyrrole nitrogens is 2. The lowest BCUT2D eigenvalue weighted by atomic mass is 9.96. The number of carbonyl (C=O) groups is 1. The molecule has 0 aliphatic heterocycles. The molecule has 0 aliphatic rings. The molecule has 4 N–H and O–H groups in total. The predicted octanol–water partition coefficient (Wildman–Crippen LogP) is 7.52. The van der Waals surface area contributed by atoms with Gasteiger partial charge in [-0.1, -0.05) is 48.5 Å². The van der Waals surface area contributed by atoms with Crippen molar-refractivity contribution in [3.05, 3.63) is 90.3 Å². The zero-order valence-electron chi connectivity index (χ0n) is 30.2. The minimum absolute atomic E-state index is 0.111. The Morgan fingerprint density at radius 2 is 0.963 bits per heavy atom. The molecule has 6 aromatic carbocycles. The number of carbonyl (C=O) groups excluding carboxylic acids is 1. The van der Waals surface area contributed by atoms with Gasteiger partial charge in [-0.05, 0) is 45.8 Å². The summed E-state index contributed by atoms with van der Waals surface area (Å²) in [6, 6.07) is 22.9. The summed E-state index contributed by atoms with van der Waals surface area (Å²) in [6.07, 6.45) is 1.21. The molecular formula is C41H35BN2O10. The van der Waals surface area contributed by atoms with Gasteiger partial charge in [-0.2, -0.15) is 0 Å². The van der Waals surface area contributed by atoms with Crippen LogP contribution in [-0.4, -0.2) is 75.8 Å². The van der Waals surface area contributed by atoms with Crippen LogP contribution in [0.1, 0.15) is 16.2 Å². The fourth-order valence-corrected chi connectivity index (χ4v) is 7.62. The number of methoxy groups -OCH3 is 6. The van der Waals surface area contributed by atoms with Crippen LogP contribution in [0.5, 0.6) is 34.5 Å². The molecule has 0 atom stereocenters. The monoisotopic (exact) mass is 726 g/mol. The molecule has 8 rings (SSSR count). The maximum Gasteiger partial charge on any atom is 0.707 e. The summed E-state index contributed by atoms with van der Waals surface area (Å²) in [5.41, 5.74) is 1.93. The first kappa shape index (κ1) is 34.5. The van der Waals surface area contributed by atoms with Gasteiger partial charge in [0.05, 0.1) is 65.1 Å². The number of benzene rings is 6. The molecule has 54 heavy (non-hydrogen) atoms. The Bertz CT molecular complexity index is 2840. The predicted molar refractivity (Wildman–Crippen MR) is 210 cm³/mol. The Labute approximate surface area is 308 Å². The van der Waals surface area contributed by atoms with Gasteiger partial charge in [0.15, 0.2) is 23.0 Å². The van der Waals surface area contributed by atoms with Gasteiger partial charge in [0.25, 0.3) is 0 Å². The van der Waals surface area contributed by atoms with Crippen LogP contribution in [0, 0.1) is 0 Å². The zero-order valence-corrected chi connectivity index (χ0v) is 30.2. The van der Waals surface area contributed by atoms with E-state index in [1.165, 1.54) is 20.3 Å². The molecular weight excluding hydrogens is 691 g/mol. The second kappa shape index (κ2) is 13.4. The second-order valence-electron chi connectivity index (χ2n) is 12.5. The average Bonchev–Trinajstić information content (AvgIpc) is 3.85. The van der Waals surface area contributed by atoms with Gasteiger partial charge in [-0.3, -0.25) is 4.79 Å². The second-order valence-corrected chi connectivity index (χ2v) is 12.5. The van der Waals surface area contributed by atoms with Crippen molar-refractivity contribution in [1.82, 2.24) is 9.97 Å². The fourth-order valence-electron chi connectivity index (χ4n) is 7.62. The Hall–Kier alpha value is -6.57. The largest absolute Gasteiger partial charge is 0.707 e. The van der Waals surface area contributed by atoms with Gasteiger partial charge in [-0.25, -0.2) is 0 Å². The number of ether oxygens (including phenoxy) is 6. The van der Waals surface area contributed by atoms with Gasteiger partial charge < -0.3 is 53.1 Å². The minimum atomic E-state index is -2.23. The van der Waals surface area contributed by atoms with Crippen molar-refractivity contribution in [1.29, 1.82) is 0 Å². The Morgan fingerprint density at radius 1 is 0.537 bits per heavy atom. The van der Waals surface area contributed by atoms with Gasteiger partial charge in [-0.15, -0.1) is 0 Å². The number of hydrogen-bond acceptors (Lipinski definition) is 10. The van der Waals surface area contributed by atoms with Crippen molar-refractivity contribution >= 4 is 83.8 Å². The summed E-state index contributed by atoms with van der Waals surface area (Å²) in [5, 5.41) is 28.2. The first-order valence-corrected chi connectivity index (χ1v) is 16.9. The van der Waals surface area contributed by atoms with E-state index in [2.05, 4.69) is 9.97 Å². The number of allylic oxidation sites excluding steroid dienone is 1. The van der Waals surface area contributed by atoms with E-state index in [9.17, 15) is 14.8 Å². The van der Waals surface area contributed by atoms with Crippen LogP contribution >= 0.6 is 0 Å². The highest BCUT2D eigenvalue weighted by molar-refractivity contribution is 6.35. The van der Waals surface area contributed by atoms with E-state index in [0.717, 1.165) is 43.1 Å². The van der Waals surface area contributed by atoms with Crippen molar-refractivity contribution in [2.24, 2.45) is 0 Å². The number of fused-ring (bicyclic) bond motifs is 12. The van der Waals surface area contributed by atoms with Crippen LogP contribution in [-0.2, 0) is 4.65 Å². The molecule has 2 aromatic heterocycles. The summed E-state index contributed by atoms with van der Waals surface area (Å²) < 4.78 is 40.1. The van der Waals surface area contributed by atoms with Crippen LogP contribution in [0.2, 0.25) is 0 Å². The molecule has 12 nitrogen and oxygen atoms in total. The topological polar surface area (TPSA) is 154 Å². The summed E-state index contributed by atoms with van der Waals surface area (Å²) in [4.78, 5) is 20.9. The normalized spacial score (nSPS) is 11.9. The number of ketones is 1. The van der Waals surface area contributed by atoms with Gasteiger partial charge in [0.2, 0.25) is 17.3 Å². The molecule has 0 aliphatic carbocycles. The molecule has 0 fully saturated rings. The zero-order chi connectivity index (χ0) is 37.8. The Morgan fingerprint density at radius 3 is 1.39 bits per heavy atom. The first-order chi connectivity index (χ1) is 26.3. The molecule has 272 valence electrons. The first-order valence-electron chi connectivity index (χ1n) is 16.9. The van der Waals surface area contributed by atoms with E-state index in [4.69, 9.17) is 33.1 Å². The fraction of sp³-hybridized carbons (Fsp3) is 0.146. The van der Waals surface area contributed by atoms with Crippen molar-refractivity contribution in [3.8, 4) is 34.5 Å². The standard InChI is InChI=1S/C41H35BN2O10/c1-48-32-17-24-20-11-7-9-13-22(20)36-26(34(24)40(52-5)38(32)50-3)15-28(43-36)30(45)19-31(54-42(46)47)29-16-27-35-25(18-33(49-2)39(51-4)41(35)53-6)21-12-8-10-14-23(21)37(27)44-29/h7-19,43-44,46-47H,1-6H3/b31-19-. The number of aromatic amines is 2. The highest BCUT2D eigenvalue weighted by Crippen LogP contribution is 2.50. The lowest BCUT2D eigenvalue weighted by Crippen LogP contribution is -2.16. The smallest absolute Gasteiger partial charge is 0.510 e. The molecule has 0 amide bonds. The maximum atomic E-state index is 14.2. The van der Waals surface area contributed by atoms with E-state index in [0.29, 0.717) is 62.0 Å². The summed E-state index contributed by atoms with van der Waals surface area (Å²) in [7, 11) is 7.08. The third kappa shape index (κ3) is 5.19. The lowest BCUT2D eigenvalue weighted by molar-refractivity contribution is 0.104. The van der Waals surface area contributed by atoms with Crippen molar-refractivity contribution < 1.29 is 47.9 Å². The van der Waals surface area contributed by atoms with Gasteiger partial charge >= 0.3 is 7.32 Å². The molecule has 8 aromatic rings. The van der Waals surface area contributed by atoms with Gasteiger partial charge in [0.1, 0.15) is 5.76 Å². The molecule has 0 saturated heterocycles. The van der Waals surface area contributed by atoms with E-state index in [1.54, 1.807) is 40.6 Å². The van der Waals surface area contributed by atoms with Gasteiger partial charge in [0, 0.05) is 38.4 Å². The number of hydrogen-bond donors (Lipinski definition) is 4. The van der Waals surface area contributed by atoms with Crippen molar-refractivity contribution in [3.63, 3.8) is 0 Å². The third-order valence-electron chi connectivity index (χ3n) is 9.83. The Balaban J connectivity index is 1.36. The molecule has 0 unspecified atom stereocenters. The molecule has 0 spiro atoms. The number of rotatable bonds is 11. The SMILES string of the molecule is COc1cc2c3ccccc3c3[nH]c(C(=O)/C=C(\OB(O)O)c4cc5c([nH]4)c4ccccc4c4cc(OC)c(OC)c(OC)c45)cc3c2c(OC)c1OC. The van der Waals surface area contributed by atoms with Crippen molar-refractivity contribution in [2.75, 3.05) is 42.7 Å². The van der Waals surface area contributed by atoms with E-state index < -0.39 is 13.1 Å². The molecule has 0 radical (unpaired) electrons. The van der Waals surface area contributed by atoms with E-state index >= 15 is 0 Å². The van der Waals surface area contributed by atoms with Crippen LogP contribution in [0.25, 0.3) is 70.7 Å². The molecule has 0 saturated carbocycles. The van der Waals surface area contributed by atoms with Crippen LogP contribution in [0.4, 0.5) is 0 Å². The summed E-state index contributed by atoms with van der Waals surface area (Å²) >= 11 is 0. The number of aromatic nitrogens is 2.